The molecule has 0 saturated heterocycles. The number of fused-ring (bicyclic) bond motifs is 1. The molecule has 2 aromatic carbocycles. The first-order valence-electron chi connectivity index (χ1n) is 7.27. The van der Waals surface area contributed by atoms with Crippen molar-refractivity contribution >= 4 is 5.78 Å². The number of phenols is 3. The van der Waals surface area contributed by atoms with Crippen LogP contribution >= 0.6 is 0 Å². The number of hydrogen-bond acceptors (Lipinski definition) is 8. The molecule has 0 aliphatic carbocycles. The zero-order valence-corrected chi connectivity index (χ0v) is 13.4. The van der Waals surface area contributed by atoms with Crippen LogP contribution in [0.1, 0.15) is 22.0 Å². The minimum Gasteiger partial charge on any atom is -0.508 e. The lowest BCUT2D eigenvalue weighted by atomic mass is 9.92. The van der Waals surface area contributed by atoms with Gasteiger partial charge in [0.1, 0.15) is 22.8 Å². The van der Waals surface area contributed by atoms with Crippen molar-refractivity contribution in [3.8, 4) is 34.5 Å². The number of aliphatic hydroxyl groups is 1. The third-order valence-corrected chi connectivity index (χ3v) is 3.95. The standard InChI is InChI=1S/C17H16O8/c1-23-10-5-8(18)6-11-13(10)15(21)16(22)17(25-11)7-3-9(19)14(20)12(4-7)24-2/h3-6,16-20,22H,1-2H3. The number of aliphatic hydroxyl groups excluding tert-OH is 1. The fraction of sp³-hybridized carbons (Fsp3) is 0.235. The molecular formula is C17H16O8. The molecule has 3 rings (SSSR count). The zero-order valence-electron chi connectivity index (χ0n) is 13.4. The Morgan fingerprint density at radius 3 is 2.32 bits per heavy atom. The largest absolute Gasteiger partial charge is 0.508 e. The van der Waals surface area contributed by atoms with Gasteiger partial charge in [0.05, 0.1) is 14.2 Å². The Bertz CT molecular complexity index is 845. The third-order valence-electron chi connectivity index (χ3n) is 3.95. The Morgan fingerprint density at radius 2 is 1.68 bits per heavy atom. The molecule has 8 nitrogen and oxygen atoms in total. The lowest BCUT2D eigenvalue weighted by Gasteiger charge is -2.31. The Kier molecular flexibility index (Phi) is 4.05. The lowest BCUT2D eigenvalue weighted by Crippen LogP contribution is -2.36. The highest BCUT2D eigenvalue weighted by atomic mass is 16.5. The molecule has 8 heteroatoms. The summed E-state index contributed by atoms with van der Waals surface area (Å²) < 4.78 is 15.7. The quantitative estimate of drug-likeness (QED) is 0.615. The summed E-state index contributed by atoms with van der Waals surface area (Å²) in [7, 11) is 2.61. The van der Waals surface area contributed by atoms with Gasteiger partial charge in [-0.15, -0.1) is 0 Å². The predicted octanol–water partition coefficient (Wildman–Crippen LogP) is 1.50. The lowest BCUT2D eigenvalue weighted by molar-refractivity contribution is 0.0209. The molecule has 2 aromatic rings. The van der Waals surface area contributed by atoms with E-state index in [0.29, 0.717) is 0 Å². The van der Waals surface area contributed by atoms with E-state index in [0.717, 1.165) is 6.07 Å². The van der Waals surface area contributed by atoms with Crippen LogP contribution in [0.25, 0.3) is 0 Å². The number of carbonyl (C=O) groups is 1. The molecule has 0 amide bonds. The molecule has 25 heavy (non-hydrogen) atoms. The van der Waals surface area contributed by atoms with E-state index in [9.17, 15) is 25.2 Å². The van der Waals surface area contributed by atoms with Crippen molar-refractivity contribution in [3.05, 3.63) is 35.4 Å². The van der Waals surface area contributed by atoms with Crippen LogP contribution in [-0.2, 0) is 0 Å². The molecule has 2 unspecified atom stereocenters. The third kappa shape index (κ3) is 2.66. The van der Waals surface area contributed by atoms with E-state index in [-0.39, 0.29) is 34.1 Å². The number of ketones is 1. The van der Waals surface area contributed by atoms with Gasteiger partial charge >= 0.3 is 0 Å². The van der Waals surface area contributed by atoms with Crippen molar-refractivity contribution in [2.24, 2.45) is 0 Å². The predicted molar refractivity (Wildman–Crippen MR) is 84.7 cm³/mol. The summed E-state index contributed by atoms with van der Waals surface area (Å²) in [6, 6.07) is 4.96. The molecule has 0 fully saturated rings. The summed E-state index contributed by atoms with van der Waals surface area (Å²) in [6.07, 6.45) is -2.76. The van der Waals surface area contributed by atoms with E-state index in [2.05, 4.69) is 0 Å². The van der Waals surface area contributed by atoms with Crippen molar-refractivity contribution < 1.29 is 39.4 Å². The summed E-state index contributed by atoms with van der Waals surface area (Å²) in [5.74, 6) is -1.73. The maximum atomic E-state index is 12.6. The minimum atomic E-state index is -1.58. The number of Topliss-reactive ketones (excluding diaryl/α,β-unsaturated/α-hetero) is 1. The van der Waals surface area contributed by atoms with Crippen LogP contribution in [0.15, 0.2) is 24.3 Å². The van der Waals surface area contributed by atoms with Gasteiger partial charge in [-0.2, -0.15) is 0 Å². The first-order valence-corrected chi connectivity index (χ1v) is 7.27. The summed E-state index contributed by atoms with van der Waals surface area (Å²) in [4.78, 5) is 12.6. The second-order valence-corrected chi connectivity index (χ2v) is 5.46. The molecule has 1 aliphatic heterocycles. The molecule has 2 atom stereocenters. The number of aromatic hydroxyl groups is 3. The van der Waals surface area contributed by atoms with Crippen molar-refractivity contribution in [3.63, 3.8) is 0 Å². The maximum Gasteiger partial charge on any atom is 0.202 e. The average molecular weight is 348 g/mol. The van der Waals surface area contributed by atoms with Crippen molar-refractivity contribution in [1.82, 2.24) is 0 Å². The molecule has 1 aliphatic rings. The van der Waals surface area contributed by atoms with Gasteiger partial charge in [-0.05, 0) is 12.1 Å². The molecule has 0 bridgehead atoms. The summed E-state index contributed by atoms with van der Waals surface area (Å²) in [5.41, 5.74) is 0.222. The molecule has 0 radical (unpaired) electrons. The number of ether oxygens (including phenoxy) is 3. The first kappa shape index (κ1) is 16.7. The molecule has 0 saturated carbocycles. The van der Waals surface area contributed by atoms with Gasteiger partial charge < -0.3 is 34.6 Å². The molecular weight excluding hydrogens is 332 g/mol. The van der Waals surface area contributed by atoms with E-state index < -0.39 is 29.5 Å². The van der Waals surface area contributed by atoms with Crippen LogP contribution in [-0.4, -0.2) is 46.5 Å². The minimum absolute atomic E-state index is 0.0130. The SMILES string of the molecule is COc1cc(C2Oc3cc(O)cc(OC)c3C(=O)C2O)cc(O)c1O. The molecule has 132 valence electrons. The fourth-order valence-corrected chi connectivity index (χ4v) is 2.74. The van der Waals surface area contributed by atoms with Crippen molar-refractivity contribution in [2.75, 3.05) is 14.2 Å². The Balaban J connectivity index is 2.11. The van der Waals surface area contributed by atoms with E-state index in [1.54, 1.807) is 0 Å². The highest BCUT2D eigenvalue weighted by Crippen LogP contribution is 2.45. The average Bonchev–Trinajstić information content (AvgIpc) is 2.59. The number of phenolic OH excluding ortho intramolecular Hbond substituents is 3. The summed E-state index contributed by atoms with van der Waals surface area (Å²) in [5, 5.41) is 39.6. The van der Waals surface area contributed by atoms with Gasteiger partial charge in [0.25, 0.3) is 0 Å². The van der Waals surface area contributed by atoms with Gasteiger partial charge in [0.15, 0.2) is 23.7 Å². The normalized spacial score (nSPS) is 19.1. The summed E-state index contributed by atoms with van der Waals surface area (Å²) >= 11 is 0. The monoisotopic (exact) mass is 348 g/mol. The van der Waals surface area contributed by atoms with Crippen LogP contribution in [0.4, 0.5) is 0 Å². The van der Waals surface area contributed by atoms with Crippen LogP contribution in [0.3, 0.4) is 0 Å². The zero-order chi connectivity index (χ0) is 18.3. The topological polar surface area (TPSA) is 126 Å². The number of carbonyl (C=O) groups excluding carboxylic acids is 1. The van der Waals surface area contributed by atoms with E-state index in [1.807, 2.05) is 0 Å². The van der Waals surface area contributed by atoms with E-state index in [1.165, 1.54) is 32.4 Å². The molecule has 0 aromatic heterocycles. The molecule has 0 spiro atoms. The molecule has 4 N–H and O–H groups in total. The van der Waals surface area contributed by atoms with Crippen molar-refractivity contribution in [2.45, 2.75) is 12.2 Å². The van der Waals surface area contributed by atoms with Crippen LogP contribution in [0, 0.1) is 0 Å². The fourth-order valence-electron chi connectivity index (χ4n) is 2.74. The number of benzene rings is 2. The van der Waals surface area contributed by atoms with Gasteiger partial charge in [0, 0.05) is 17.7 Å². The molecule has 1 heterocycles. The van der Waals surface area contributed by atoms with Gasteiger partial charge in [-0.3, -0.25) is 4.79 Å². The van der Waals surface area contributed by atoms with E-state index in [4.69, 9.17) is 14.2 Å². The van der Waals surface area contributed by atoms with Gasteiger partial charge in [-0.25, -0.2) is 0 Å². The van der Waals surface area contributed by atoms with Crippen molar-refractivity contribution in [1.29, 1.82) is 0 Å². The number of hydrogen-bond donors (Lipinski definition) is 4. The van der Waals surface area contributed by atoms with Gasteiger partial charge in [-0.1, -0.05) is 0 Å². The summed E-state index contributed by atoms with van der Waals surface area (Å²) in [6.45, 7) is 0. The van der Waals surface area contributed by atoms with Crippen LogP contribution < -0.4 is 14.2 Å². The maximum absolute atomic E-state index is 12.6. The number of rotatable bonds is 3. The highest BCUT2D eigenvalue weighted by Gasteiger charge is 2.40. The second kappa shape index (κ2) is 6.06. The second-order valence-electron chi connectivity index (χ2n) is 5.46. The highest BCUT2D eigenvalue weighted by molar-refractivity contribution is 6.05. The smallest absolute Gasteiger partial charge is 0.202 e. The Morgan fingerprint density at radius 1 is 1.00 bits per heavy atom. The van der Waals surface area contributed by atoms with Crippen LogP contribution in [0.2, 0.25) is 0 Å². The van der Waals surface area contributed by atoms with Crippen LogP contribution in [0.5, 0.6) is 34.5 Å². The Labute approximate surface area is 142 Å². The van der Waals surface area contributed by atoms with E-state index >= 15 is 0 Å². The van der Waals surface area contributed by atoms with Gasteiger partial charge in [0.2, 0.25) is 11.5 Å². The Hall–Kier alpha value is -3.13. The number of methoxy groups -OCH3 is 2. The first-order chi connectivity index (χ1) is 11.9.